The Morgan fingerprint density at radius 3 is 2.61 bits per heavy atom. The van der Waals surface area contributed by atoms with Crippen molar-refractivity contribution in [3.05, 3.63) is 59.9 Å². The highest BCUT2D eigenvalue weighted by Crippen LogP contribution is 2.13. The topological polar surface area (TPSA) is 61.8 Å². The van der Waals surface area contributed by atoms with Crippen LogP contribution in [0.25, 0.3) is 0 Å². The van der Waals surface area contributed by atoms with Gasteiger partial charge in [0.05, 0.1) is 13.2 Å². The lowest BCUT2D eigenvalue weighted by atomic mass is 10.2. The van der Waals surface area contributed by atoms with Crippen molar-refractivity contribution in [1.29, 1.82) is 0 Å². The van der Waals surface area contributed by atoms with Crippen LogP contribution in [-0.4, -0.2) is 56.2 Å². The molecule has 2 N–H and O–H groups in total. The van der Waals surface area contributed by atoms with Gasteiger partial charge in [-0.05, 0) is 57.3 Å². The van der Waals surface area contributed by atoms with Crippen molar-refractivity contribution in [2.45, 2.75) is 26.3 Å². The Kier molecular flexibility index (Phi) is 9.86. The zero-order valence-corrected chi connectivity index (χ0v) is 17.3. The minimum Gasteiger partial charge on any atom is -0.494 e. The van der Waals surface area contributed by atoms with Crippen molar-refractivity contribution >= 4 is 5.96 Å². The van der Waals surface area contributed by atoms with Crippen molar-refractivity contribution in [3.63, 3.8) is 0 Å². The molecule has 0 unspecified atom stereocenters. The maximum Gasteiger partial charge on any atom is 0.191 e. The molecule has 2 rings (SSSR count). The van der Waals surface area contributed by atoms with Crippen LogP contribution in [0.15, 0.2) is 53.7 Å². The molecule has 0 aliphatic rings. The second kappa shape index (κ2) is 12.7. The molecule has 0 saturated heterocycles. The average molecular weight is 384 g/mol. The molecular formula is C22H33N5O. The summed E-state index contributed by atoms with van der Waals surface area (Å²) in [5, 5.41) is 6.65. The van der Waals surface area contributed by atoms with E-state index in [2.05, 4.69) is 58.7 Å². The summed E-state index contributed by atoms with van der Waals surface area (Å²) in [7, 11) is 4.15. The number of rotatable bonds is 11. The minimum atomic E-state index is 0.625. The van der Waals surface area contributed by atoms with E-state index in [1.165, 1.54) is 0 Å². The number of hydrogen-bond donors (Lipinski definition) is 2. The van der Waals surface area contributed by atoms with Gasteiger partial charge in [0.25, 0.3) is 0 Å². The maximum absolute atomic E-state index is 5.78. The van der Waals surface area contributed by atoms with Crippen LogP contribution in [-0.2, 0) is 13.0 Å². The zero-order valence-electron chi connectivity index (χ0n) is 17.3. The molecule has 6 nitrogen and oxygen atoms in total. The van der Waals surface area contributed by atoms with Gasteiger partial charge in [-0.3, -0.25) is 4.98 Å². The van der Waals surface area contributed by atoms with Crippen LogP contribution in [0.2, 0.25) is 0 Å². The van der Waals surface area contributed by atoms with Crippen molar-refractivity contribution in [3.8, 4) is 5.75 Å². The summed E-state index contributed by atoms with van der Waals surface area (Å²) in [5.74, 6) is 1.73. The molecule has 0 atom stereocenters. The first-order valence-corrected chi connectivity index (χ1v) is 9.96. The van der Waals surface area contributed by atoms with E-state index in [1.54, 1.807) is 0 Å². The van der Waals surface area contributed by atoms with E-state index in [0.717, 1.165) is 62.0 Å². The van der Waals surface area contributed by atoms with Gasteiger partial charge in [0.2, 0.25) is 0 Å². The highest BCUT2D eigenvalue weighted by Gasteiger charge is 2.00. The third-order valence-corrected chi connectivity index (χ3v) is 4.11. The third-order valence-electron chi connectivity index (χ3n) is 4.11. The summed E-state index contributed by atoms with van der Waals surface area (Å²) >= 11 is 0. The first kappa shape index (κ1) is 21.7. The molecule has 0 saturated carbocycles. The Morgan fingerprint density at radius 2 is 1.93 bits per heavy atom. The number of hydrogen-bond acceptors (Lipinski definition) is 4. The highest BCUT2D eigenvalue weighted by molar-refractivity contribution is 5.79. The third kappa shape index (κ3) is 8.86. The largest absolute Gasteiger partial charge is 0.494 e. The summed E-state index contributed by atoms with van der Waals surface area (Å²) in [5.41, 5.74) is 2.23. The first-order chi connectivity index (χ1) is 13.7. The Labute approximate surface area is 169 Å². The molecule has 1 aromatic carbocycles. The van der Waals surface area contributed by atoms with Crippen LogP contribution in [0.5, 0.6) is 5.75 Å². The van der Waals surface area contributed by atoms with Crippen LogP contribution < -0.4 is 15.4 Å². The second-order valence-electron chi connectivity index (χ2n) is 6.84. The summed E-state index contributed by atoms with van der Waals surface area (Å²) in [6, 6.07) is 14.2. The van der Waals surface area contributed by atoms with Gasteiger partial charge in [-0.25, -0.2) is 4.99 Å². The maximum atomic E-state index is 5.78. The molecule has 2 aromatic rings. The monoisotopic (exact) mass is 383 g/mol. The van der Waals surface area contributed by atoms with Gasteiger partial charge in [-0.1, -0.05) is 18.2 Å². The van der Waals surface area contributed by atoms with E-state index in [4.69, 9.17) is 4.74 Å². The number of pyridine rings is 1. The minimum absolute atomic E-state index is 0.625. The number of aromatic nitrogens is 1. The smallest absolute Gasteiger partial charge is 0.191 e. The lowest BCUT2D eigenvalue weighted by Crippen LogP contribution is -2.38. The van der Waals surface area contributed by atoms with Crippen LogP contribution in [0.4, 0.5) is 0 Å². The zero-order chi connectivity index (χ0) is 20.0. The summed E-state index contributed by atoms with van der Waals surface area (Å²) in [6.45, 7) is 6.09. The van der Waals surface area contributed by atoms with Crippen LogP contribution in [0.3, 0.4) is 0 Å². The van der Waals surface area contributed by atoms with E-state index in [-0.39, 0.29) is 0 Å². The van der Waals surface area contributed by atoms with Gasteiger partial charge in [0, 0.05) is 37.9 Å². The molecule has 1 heterocycles. The molecule has 0 fully saturated rings. The highest BCUT2D eigenvalue weighted by atomic mass is 16.5. The number of benzene rings is 1. The Hall–Kier alpha value is -2.60. The number of aliphatic imine (C=N–C) groups is 1. The fourth-order valence-electron chi connectivity index (χ4n) is 2.63. The average Bonchev–Trinajstić information content (AvgIpc) is 2.71. The molecule has 0 bridgehead atoms. The Bertz CT molecular complexity index is 686. The van der Waals surface area contributed by atoms with E-state index < -0.39 is 0 Å². The molecule has 0 aliphatic carbocycles. The van der Waals surface area contributed by atoms with Crippen molar-refractivity contribution in [2.24, 2.45) is 4.99 Å². The number of guanidine groups is 1. The van der Waals surface area contributed by atoms with Gasteiger partial charge in [-0.15, -0.1) is 0 Å². The molecule has 1 aromatic heterocycles. The standard InChI is InChI=1S/C22H33N5O/c1-4-23-22(25-15-13-20-8-5-6-14-24-20)26-18-19-9-11-21(12-10-19)28-17-7-16-27(2)3/h5-6,8-12,14H,4,7,13,15-18H2,1-3H3,(H2,23,25,26). The fourth-order valence-corrected chi connectivity index (χ4v) is 2.63. The van der Waals surface area contributed by atoms with Crippen LogP contribution in [0, 0.1) is 0 Å². The van der Waals surface area contributed by atoms with Crippen molar-refractivity contribution < 1.29 is 4.74 Å². The molecule has 6 heteroatoms. The first-order valence-electron chi connectivity index (χ1n) is 9.96. The van der Waals surface area contributed by atoms with Gasteiger partial charge >= 0.3 is 0 Å². The molecule has 152 valence electrons. The molecule has 0 radical (unpaired) electrons. The van der Waals surface area contributed by atoms with Crippen molar-refractivity contribution in [1.82, 2.24) is 20.5 Å². The van der Waals surface area contributed by atoms with E-state index >= 15 is 0 Å². The quantitative estimate of drug-likeness (QED) is 0.355. The summed E-state index contributed by atoms with van der Waals surface area (Å²) < 4.78 is 5.78. The van der Waals surface area contributed by atoms with Gasteiger partial charge in [0.15, 0.2) is 5.96 Å². The molecule has 0 amide bonds. The Balaban J connectivity index is 1.77. The lowest BCUT2D eigenvalue weighted by Gasteiger charge is -2.12. The Morgan fingerprint density at radius 1 is 1.11 bits per heavy atom. The lowest BCUT2D eigenvalue weighted by molar-refractivity contribution is 0.281. The summed E-state index contributed by atoms with van der Waals surface area (Å²) in [4.78, 5) is 11.2. The van der Waals surface area contributed by atoms with E-state index in [9.17, 15) is 0 Å². The molecular weight excluding hydrogens is 350 g/mol. The van der Waals surface area contributed by atoms with Gasteiger partial charge in [0.1, 0.15) is 5.75 Å². The number of nitrogens with one attached hydrogen (secondary N) is 2. The van der Waals surface area contributed by atoms with Gasteiger partial charge in [-0.2, -0.15) is 0 Å². The summed E-state index contributed by atoms with van der Waals surface area (Å²) in [6.07, 6.45) is 3.71. The fraction of sp³-hybridized carbons (Fsp3) is 0.455. The van der Waals surface area contributed by atoms with Crippen LogP contribution >= 0.6 is 0 Å². The number of nitrogens with zero attached hydrogens (tertiary/aromatic N) is 3. The van der Waals surface area contributed by atoms with Crippen LogP contribution in [0.1, 0.15) is 24.6 Å². The predicted octanol–water partition coefficient (Wildman–Crippen LogP) is 2.71. The molecule has 0 aliphatic heterocycles. The van der Waals surface area contributed by atoms with Gasteiger partial charge < -0.3 is 20.3 Å². The number of ether oxygens (including phenoxy) is 1. The molecule has 0 spiro atoms. The predicted molar refractivity (Wildman–Crippen MR) is 116 cm³/mol. The molecule has 28 heavy (non-hydrogen) atoms. The normalized spacial score (nSPS) is 11.5. The van der Waals surface area contributed by atoms with E-state index in [0.29, 0.717) is 6.54 Å². The second-order valence-corrected chi connectivity index (χ2v) is 6.84. The van der Waals surface area contributed by atoms with Crippen molar-refractivity contribution in [2.75, 3.05) is 40.3 Å². The SMILES string of the molecule is CCNC(=NCc1ccc(OCCCN(C)C)cc1)NCCc1ccccn1. The van der Waals surface area contributed by atoms with E-state index in [1.807, 2.05) is 36.5 Å².